The van der Waals surface area contributed by atoms with E-state index in [2.05, 4.69) is 20.5 Å². The van der Waals surface area contributed by atoms with Crippen LogP contribution in [0.3, 0.4) is 0 Å². The highest BCUT2D eigenvalue weighted by Gasteiger charge is 2.41. The summed E-state index contributed by atoms with van der Waals surface area (Å²) in [5, 5.41) is 10.9. The van der Waals surface area contributed by atoms with Crippen LogP contribution in [0.25, 0.3) is 11.0 Å². The maximum Gasteiger partial charge on any atom is 0.222 e. The third-order valence-corrected chi connectivity index (χ3v) is 6.62. The van der Waals surface area contributed by atoms with Gasteiger partial charge in [0.25, 0.3) is 0 Å². The molecule has 1 amide bonds. The smallest absolute Gasteiger partial charge is 0.222 e. The highest BCUT2D eigenvalue weighted by molar-refractivity contribution is 5.77. The van der Waals surface area contributed by atoms with Crippen LogP contribution in [0.2, 0.25) is 0 Å². The van der Waals surface area contributed by atoms with Crippen molar-refractivity contribution in [3.05, 3.63) is 30.1 Å². The molecule has 1 aliphatic heterocycles. The maximum absolute atomic E-state index is 12.8. The molecule has 1 saturated carbocycles. The van der Waals surface area contributed by atoms with E-state index in [-0.39, 0.29) is 18.0 Å². The Morgan fingerprint density at radius 1 is 1.28 bits per heavy atom. The van der Waals surface area contributed by atoms with E-state index in [1.54, 1.807) is 4.90 Å². The molecule has 1 aromatic carbocycles. The molecule has 29 heavy (non-hydrogen) atoms. The van der Waals surface area contributed by atoms with Gasteiger partial charge in [0.2, 0.25) is 5.91 Å². The van der Waals surface area contributed by atoms with Gasteiger partial charge in [-0.15, -0.1) is 0 Å². The molecule has 2 fully saturated rings. The fourth-order valence-electron chi connectivity index (χ4n) is 4.85. The Hall–Kier alpha value is -1.96. The number of morpholine rings is 1. The van der Waals surface area contributed by atoms with Crippen molar-refractivity contribution < 1.29 is 14.6 Å². The SMILES string of the molecule is CN(C(=O)CCCc1nc2ccccc2n1C)[C@@H]1CC[C@@H](N2CCOCC2)[C@@H]1O. The van der Waals surface area contributed by atoms with Crippen LogP contribution in [0.1, 0.15) is 31.5 Å². The summed E-state index contributed by atoms with van der Waals surface area (Å²) in [4.78, 5) is 21.5. The summed E-state index contributed by atoms with van der Waals surface area (Å²) in [6.07, 6.45) is 3.32. The molecule has 1 N–H and O–H groups in total. The Balaban J connectivity index is 1.29. The topological polar surface area (TPSA) is 70.8 Å². The number of ether oxygens (including phenoxy) is 1. The predicted molar refractivity (Wildman–Crippen MR) is 112 cm³/mol. The lowest BCUT2D eigenvalue weighted by Crippen LogP contribution is -2.51. The summed E-state index contributed by atoms with van der Waals surface area (Å²) in [5.41, 5.74) is 2.12. The molecular formula is C22H32N4O3. The molecule has 7 nitrogen and oxygen atoms in total. The van der Waals surface area contributed by atoms with Gasteiger partial charge in [0.1, 0.15) is 5.82 Å². The van der Waals surface area contributed by atoms with Gasteiger partial charge in [-0.05, 0) is 31.4 Å². The van der Waals surface area contributed by atoms with Crippen LogP contribution < -0.4 is 0 Å². The second kappa shape index (κ2) is 8.81. The monoisotopic (exact) mass is 400 g/mol. The zero-order chi connectivity index (χ0) is 20.4. The molecular weight excluding hydrogens is 368 g/mol. The summed E-state index contributed by atoms with van der Waals surface area (Å²) in [6.45, 7) is 3.18. The normalized spacial score (nSPS) is 25.6. The number of amides is 1. The second-order valence-corrected chi connectivity index (χ2v) is 8.28. The van der Waals surface area contributed by atoms with Gasteiger partial charge in [-0.1, -0.05) is 12.1 Å². The predicted octanol–water partition coefficient (Wildman–Crippen LogP) is 1.58. The molecule has 1 saturated heterocycles. The fraction of sp³-hybridized carbons (Fsp3) is 0.636. The third-order valence-electron chi connectivity index (χ3n) is 6.62. The van der Waals surface area contributed by atoms with Crippen LogP contribution in [0, 0.1) is 0 Å². The lowest BCUT2D eigenvalue weighted by Gasteiger charge is -2.36. The summed E-state index contributed by atoms with van der Waals surface area (Å²) in [7, 11) is 3.87. The van der Waals surface area contributed by atoms with Crippen molar-refractivity contribution in [2.75, 3.05) is 33.4 Å². The number of aliphatic hydroxyl groups is 1. The summed E-state index contributed by atoms with van der Waals surface area (Å²) in [5.74, 6) is 1.12. The van der Waals surface area contributed by atoms with Crippen LogP contribution in [0.5, 0.6) is 0 Å². The lowest BCUT2D eigenvalue weighted by molar-refractivity contribution is -0.134. The Labute approximate surface area is 172 Å². The molecule has 2 heterocycles. The Morgan fingerprint density at radius 3 is 2.79 bits per heavy atom. The van der Waals surface area contributed by atoms with E-state index in [0.717, 1.165) is 68.8 Å². The van der Waals surface area contributed by atoms with Crippen molar-refractivity contribution in [1.82, 2.24) is 19.4 Å². The second-order valence-electron chi connectivity index (χ2n) is 8.28. The van der Waals surface area contributed by atoms with Gasteiger partial charge in [-0.3, -0.25) is 9.69 Å². The molecule has 1 aromatic heterocycles. The lowest BCUT2D eigenvalue weighted by atomic mass is 10.1. The number of aliphatic hydroxyl groups excluding tert-OH is 1. The van der Waals surface area contributed by atoms with Crippen molar-refractivity contribution in [3.63, 3.8) is 0 Å². The van der Waals surface area contributed by atoms with E-state index in [1.165, 1.54) is 0 Å². The number of benzene rings is 1. The van der Waals surface area contributed by atoms with Crippen molar-refractivity contribution >= 4 is 16.9 Å². The number of aromatic nitrogens is 2. The van der Waals surface area contributed by atoms with Crippen LogP contribution in [0.15, 0.2) is 24.3 Å². The molecule has 3 atom stereocenters. The summed E-state index contributed by atoms with van der Waals surface area (Å²) >= 11 is 0. The average Bonchev–Trinajstić information content (AvgIpc) is 3.28. The van der Waals surface area contributed by atoms with Gasteiger partial charge < -0.3 is 19.3 Å². The molecule has 0 spiro atoms. The maximum atomic E-state index is 12.8. The fourth-order valence-corrected chi connectivity index (χ4v) is 4.85. The quantitative estimate of drug-likeness (QED) is 0.797. The van der Waals surface area contributed by atoms with Crippen LogP contribution >= 0.6 is 0 Å². The Kier molecular flexibility index (Phi) is 6.18. The zero-order valence-electron chi connectivity index (χ0n) is 17.5. The molecule has 158 valence electrons. The standard InChI is InChI=1S/C22H32N4O3/c1-24-17-7-4-3-6-16(17)23-20(24)8-5-9-21(27)25(2)18-10-11-19(22(18)28)26-12-14-29-15-13-26/h3-4,6-7,18-19,22,28H,5,8-15H2,1-2H3/t18-,19-,22-/m1/s1. The number of rotatable bonds is 6. The number of hydrogen-bond donors (Lipinski definition) is 1. The largest absolute Gasteiger partial charge is 0.389 e. The van der Waals surface area contributed by atoms with Gasteiger partial charge in [0, 0.05) is 46.1 Å². The first-order chi connectivity index (χ1) is 14.1. The Bertz CT molecular complexity index is 846. The van der Waals surface area contributed by atoms with Gasteiger partial charge in [0.15, 0.2) is 0 Å². The van der Waals surface area contributed by atoms with Gasteiger partial charge in [-0.2, -0.15) is 0 Å². The number of hydrogen-bond acceptors (Lipinski definition) is 5. The molecule has 0 bridgehead atoms. The highest BCUT2D eigenvalue weighted by atomic mass is 16.5. The highest BCUT2D eigenvalue weighted by Crippen LogP contribution is 2.29. The first-order valence-corrected chi connectivity index (χ1v) is 10.7. The molecule has 2 aliphatic rings. The number of aryl methyl sites for hydroxylation is 2. The molecule has 2 aromatic rings. The molecule has 1 aliphatic carbocycles. The number of para-hydroxylation sites is 2. The first kappa shape index (κ1) is 20.3. The summed E-state index contributed by atoms with van der Waals surface area (Å²) < 4.78 is 7.53. The number of nitrogens with zero attached hydrogens (tertiary/aromatic N) is 4. The molecule has 0 radical (unpaired) electrons. The molecule has 4 rings (SSSR count). The van der Waals surface area contributed by atoms with Crippen LogP contribution in [0.4, 0.5) is 0 Å². The van der Waals surface area contributed by atoms with Gasteiger partial charge in [-0.25, -0.2) is 4.98 Å². The van der Waals surface area contributed by atoms with Gasteiger partial charge in [0.05, 0.1) is 36.4 Å². The third kappa shape index (κ3) is 4.17. The van der Waals surface area contributed by atoms with Crippen LogP contribution in [-0.2, 0) is 23.0 Å². The van der Waals surface area contributed by atoms with Crippen molar-refractivity contribution in [3.8, 4) is 0 Å². The first-order valence-electron chi connectivity index (χ1n) is 10.7. The van der Waals surface area contributed by atoms with Crippen molar-refractivity contribution in [2.45, 2.75) is 50.3 Å². The number of carbonyl (C=O) groups excluding carboxylic acids is 1. The minimum Gasteiger partial charge on any atom is -0.389 e. The number of likely N-dealkylation sites (N-methyl/N-ethyl adjacent to an activating group) is 1. The van der Waals surface area contributed by atoms with E-state index < -0.39 is 6.10 Å². The van der Waals surface area contributed by atoms with E-state index in [9.17, 15) is 9.90 Å². The number of fused-ring (bicyclic) bond motifs is 1. The van der Waals surface area contributed by atoms with E-state index in [1.807, 2.05) is 32.3 Å². The average molecular weight is 401 g/mol. The summed E-state index contributed by atoms with van der Waals surface area (Å²) in [6, 6.07) is 8.14. The number of carbonyl (C=O) groups is 1. The van der Waals surface area contributed by atoms with Crippen molar-refractivity contribution in [1.29, 1.82) is 0 Å². The van der Waals surface area contributed by atoms with Crippen molar-refractivity contribution in [2.24, 2.45) is 7.05 Å². The molecule has 7 heteroatoms. The van der Waals surface area contributed by atoms with Gasteiger partial charge >= 0.3 is 0 Å². The van der Waals surface area contributed by atoms with Crippen LogP contribution in [-0.4, -0.2) is 81.9 Å². The Morgan fingerprint density at radius 2 is 2.03 bits per heavy atom. The van der Waals surface area contributed by atoms with E-state index in [0.29, 0.717) is 6.42 Å². The molecule has 0 unspecified atom stereocenters. The minimum absolute atomic E-state index is 0.0916. The number of imidazole rings is 1. The van der Waals surface area contributed by atoms with E-state index >= 15 is 0 Å². The van der Waals surface area contributed by atoms with E-state index in [4.69, 9.17) is 4.74 Å². The minimum atomic E-state index is -0.484. The zero-order valence-corrected chi connectivity index (χ0v) is 17.5.